The lowest BCUT2D eigenvalue weighted by atomic mass is 10.3. The van der Waals surface area contributed by atoms with Crippen LogP contribution in [0.2, 0.25) is 10.0 Å². The minimum absolute atomic E-state index is 0.222. The van der Waals surface area contributed by atoms with Gasteiger partial charge in [-0.05, 0) is 0 Å². The van der Waals surface area contributed by atoms with Crippen LogP contribution in [0.5, 0.6) is 0 Å². The largest absolute Gasteiger partial charge is 0.353 e. The molecule has 2 nitrogen and oxygen atoms in total. The predicted octanol–water partition coefficient (Wildman–Crippen LogP) is 5.34. The van der Waals surface area contributed by atoms with Crippen molar-refractivity contribution in [1.82, 2.24) is 4.98 Å². The lowest BCUT2D eigenvalue weighted by molar-refractivity contribution is 0.988. The molecule has 0 aliphatic carbocycles. The number of aromatic amines is 1. The molecule has 1 aromatic rings. The molecular weight excluding hydrogens is 398 g/mol. The number of hydrogen-bond donors (Lipinski definition) is 1. The number of rotatable bonds is 0. The van der Waals surface area contributed by atoms with E-state index in [1.165, 1.54) is 0 Å². The molecule has 17 heavy (non-hydrogen) atoms. The highest BCUT2D eigenvalue weighted by Gasteiger charge is 2.35. The molecule has 0 spiro atoms. The first-order chi connectivity index (χ1) is 7.46. The summed E-state index contributed by atoms with van der Waals surface area (Å²) in [6, 6.07) is 0. The van der Waals surface area contributed by atoms with Crippen LogP contribution in [0, 0.1) is 0 Å². The number of pyridine rings is 1. The molecule has 0 atom stereocenters. The van der Waals surface area contributed by atoms with E-state index in [1.54, 1.807) is 0 Å². The lowest BCUT2D eigenvalue weighted by Gasteiger charge is -2.19. The Hall–Kier alpha value is 1.27. The Morgan fingerprint density at radius 1 is 0.765 bits per heavy atom. The van der Waals surface area contributed by atoms with Crippen LogP contribution in [0.3, 0.4) is 0 Å². The fraction of sp³-hybridized carbons (Fsp3) is 0.286. The fourth-order valence-electron chi connectivity index (χ4n) is 0.949. The zero-order valence-corrected chi connectivity index (χ0v) is 13.5. The van der Waals surface area contributed by atoms with Crippen molar-refractivity contribution >= 4 is 92.8 Å². The van der Waals surface area contributed by atoms with Gasteiger partial charge in [0.15, 0.2) is 0 Å². The van der Waals surface area contributed by atoms with E-state index in [0.29, 0.717) is 0 Å². The van der Waals surface area contributed by atoms with Gasteiger partial charge in [-0.15, -0.1) is 0 Å². The van der Waals surface area contributed by atoms with Crippen molar-refractivity contribution in [1.29, 1.82) is 0 Å². The van der Waals surface area contributed by atoms with Gasteiger partial charge in [0.05, 0.1) is 11.4 Å². The highest BCUT2D eigenvalue weighted by Crippen LogP contribution is 2.44. The Kier molecular flexibility index (Phi) is 5.12. The van der Waals surface area contributed by atoms with Crippen LogP contribution >= 0.6 is 92.8 Å². The third kappa shape index (κ3) is 3.64. The maximum Gasteiger partial charge on any atom is 0.232 e. The quantitative estimate of drug-likeness (QED) is 0.588. The van der Waals surface area contributed by atoms with Crippen LogP contribution in [0.4, 0.5) is 0 Å². The second-order valence-corrected chi connectivity index (χ2v) is 8.15. The third-order valence-electron chi connectivity index (χ3n) is 1.65. The van der Waals surface area contributed by atoms with Gasteiger partial charge in [-0.25, -0.2) is 0 Å². The molecule has 0 aliphatic rings. The molecule has 0 radical (unpaired) electrons. The molecule has 0 amide bonds. The second kappa shape index (κ2) is 5.34. The van der Waals surface area contributed by atoms with E-state index in [2.05, 4.69) is 4.98 Å². The van der Waals surface area contributed by atoms with E-state index in [0.717, 1.165) is 0 Å². The van der Waals surface area contributed by atoms with Crippen molar-refractivity contribution in [3.8, 4) is 0 Å². The van der Waals surface area contributed by atoms with Crippen molar-refractivity contribution in [2.24, 2.45) is 0 Å². The molecule has 1 N–H and O–H groups in total. The van der Waals surface area contributed by atoms with Gasteiger partial charge in [0.1, 0.15) is 10.0 Å². The molecule has 0 aromatic carbocycles. The molecule has 1 heterocycles. The van der Waals surface area contributed by atoms with Gasteiger partial charge in [0, 0.05) is 0 Å². The predicted molar refractivity (Wildman–Crippen MR) is 75.6 cm³/mol. The van der Waals surface area contributed by atoms with Gasteiger partial charge in [0.25, 0.3) is 0 Å². The van der Waals surface area contributed by atoms with E-state index in [-0.39, 0.29) is 21.4 Å². The summed E-state index contributed by atoms with van der Waals surface area (Å²) in [5.41, 5.74) is -1.24. The van der Waals surface area contributed by atoms with E-state index in [1.807, 2.05) is 0 Å². The van der Waals surface area contributed by atoms with Crippen LogP contribution in [-0.2, 0) is 7.59 Å². The summed E-state index contributed by atoms with van der Waals surface area (Å²) in [4.78, 5) is 14.1. The third-order valence-corrected chi connectivity index (χ3v) is 3.51. The van der Waals surface area contributed by atoms with Crippen LogP contribution in [0.25, 0.3) is 0 Å². The van der Waals surface area contributed by atoms with Gasteiger partial charge in [-0.3, -0.25) is 4.79 Å². The van der Waals surface area contributed by atoms with Crippen LogP contribution in [0.1, 0.15) is 11.4 Å². The van der Waals surface area contributed by atoms with Gasteiger partial charge in [0.2, 0.25) is 13.0 Å². The maximum absolute atomic E-state index is 11.7. The Labute approximate surface area is 136 Å². The van der Waals surface area contributed by atoms with Crippen molar-refractivity contribution in [3.05, 3.63) is 31.7 Å². The Morgan fingerprint density at radius 2 is 1.06 bits per heavy atom. The molecule has 0 saturated heterocycles. The molecule has 96 valence electrons. The molecule has 0 aliphatic heterocycles. The van der Waals surface area contributed by atoms with Crippen molar-refractivity contribution in [2.75, 3.05) is 0 Å². The number of H-pyrrole nitrogens is 1. The second-order valence-electron chi connectivity index (χ2n) is 2.83. The minimum atomic E-state index is -1.98. The van der Waals surface area contributed by atoms with Crippen LogP contribution in [-0.4, -0.2) is 4.98 Å². The molecule has 0 fully saturated rings. The van der Waals surface area contributed by atoms with E-state index >= 15 is 0 Å². The number of alkyl halides is 6. The molecule has 1 aromatic heterocycles. The van der Waals surface area contributed by atoms with E-state index < -0.39 is 13.0 Å². The number of aromatic nitrogens is 1. The minimum Gasteiger partial charge on any atom is -0.353 e. The Morgan fingerprint density at radius 3 is 1.29 bits per heavy atom. The SMILES string of the molecule is O=c1c(Cl)c(C(Cl)(Cl)Cl)[nH]c(C(Cl)(Cl)Cl)c1Cl. The Bertz CT molecular complexity index is 455. The summed E-state index contributed by atoms with van der Waals surface area (Å²) in [5.74, 6) is 0. The molecule has 0 bridgehead atoms. The highest BCUT2D eigenvalue weighted by atomic mass is 35.6. The maximum atomic E-state index is 11.7. The zero-order chi connectivity index (χ0) is 13.6. The summed E-state index contributed by atoms with van der Waals surface area (Å²) in [5, 5.41) is -0.763. The monoisotopic (exact) mass is 395 g/mol. The Balaban J connectivity index is 3.69. The number of hydrogen-bond acceptors (Lipinski definition) is 1. The normalized spacial score (nSPS) is 12.9. The van der Waals surface area contributed by atoms with Crippen LogP contribution in [0.15, 0.2) is 4.79 Å². The zero-order valence-electron chi connectivity index (χ0n) is 7.43. The molecule has 0 saturated carbocycles. The van der Waals surface area contributed by atoms with Gasteiger partial charge < -0.3 is 4.98 Å². The molecule has 10 heteroatoms. The first-order valence-electron chi connectivity index (χ1n) is 3.72. The van der Waals surface area contributed by atoms with E-state index in [9.17, 15) is 4.79 Å². The molecular formula is C7HCl8NO. The first kappa shape index (κ1) is 16.3. The average molecular weight is 399 g/mol. The first-order valence-corrected chi connectivity index (χ1v) is 6.74. The summed E-state index contributed by atoms with van der Waals surface area (Å²) >= 11 is 45.1. The number of nitrogens with one attached hydrogen (secondary N) is 1. The topological polar surface area (TPSA) is 32.9 Å². The van der Waals surface area contributed by atoms with Crippen molar-refractivity contribution in [3.63, 3.8) is 0 Å². The van der Waals surface area contributed by atoms with Gasteiger partial charge in [-0.2, -0.15) is 0 Å². The van der Waals surface area contributed by atoms with Crippen molar-refractivity contribution < 1.29 is 0 Å². The standard InChI is InChI=1S/C7HCl8NO/c8-1-3(17)2(9)5(7(13,14)15)16-4(1)6(10,11)12/h(H,16,17). The number of halogens is 8. The average Bonchev–Trinajstić information content (AvgIpc) is 2.10. The smallest absolute Gasteiger partial charge is 0.232 e. The van der Waals surface area contributed by atoms with Gasteiger partial charge in [-0.1, -0.05) is 92.8 Å². The van der Waals surface area contributed by atoms with Crippen molar-refractivity contribution in [2.45, 2.75) is 7.59 Å². The molecule has 0 unspecified atom stereocenters. The van der Waals surface area contributed by atoms with Gasteiger partial charge >= 0.3 is 0 Å². The van der Waals surface area contributed by atoms with Crippen LogP contribution < -0.4 is 5.43 Å². The summed E-state index contributed by atoms with van der Waals surface area (Å²) in [6.07, 6.45) is 0. The summed E-state index contributed by atoms with van der Waals surface area (Å²) < 4.78 is -3.96. The summed E-state index contributed by atoms with van der Waals surface area (Å²) in [7, 11) is 0. The molecule has 1 rings (SSSR count). The summed E-state index contributed by atoms with van der Waals surface area (Å²) in [6.45, 7) is 0. The van der Waals surface area contributed by atoms with E-state index in [4.69, 9.17) is 92.8 Å². The fourth-order valence-corrected chi connectivity index (χ4v) is 2.70. The highest BCUT2D eigenvalue weighted by molar-refractivity contribution is 6.68. The lowest BCUT2D eigenvalue weighted by Crippen LogP contribution is -2.20.